The summed E-state index contributed by atoms with van der Waals surface area (Å²) in [5.74, 6) is 0.133. The van der Waals surface area contributed by atoms with E-state index >= 15 is 4.39 Å². The first kappa shape index (κ1) is 25.4. The van der Waals surface area contributed by atoms with Gasteiger partial charge in [-0.15, -0.1) is 0 Å². The normalized spacial score (nSPS) is 25.6. The maximum Gasteiger partial charge on any atom is 0.296 e. The number of fused-ring (bicyclic) bond motifs is 3. The summed E-state index contributed by atoms with van der Waals surface area (Å²) in [6, 6.07) is 5.25. The Kier molecular flexibility index (Phi) is 6.42. The van der Waals surface area contributed by atoms with Crippen molar-refractivity contribution in [1.29, 1.82) is 0 Å². The Bertz CT molecular complexity index is 1610. The number of nitrogens with zero attached hydrogens (tertiary/aromatic N) is 5. The smallest absolute Gasteiger partial charge is 0.296 e. The number of rotatable bonds is 7. The molecule has 3 aromatic heterocycles. The number of aromatic amines is 1. The van der Waals surface area contributed by atoms with Crippen LogP contribution in [-0.4, -0.2) is 80.7 Å². The van der Waals surface area contributed by atoms with E-state index in [1.165, 1.54) is 0 Å². The number of anilines is 1. The number of nitrogens with one attached hydrogen (secondary N) is 2. The highest BCUT2D eigenvalue weighted by Gasteiger charge is 2.48. The third-order valence-corrected chi connectivity index (χ3v) is 7.93. The van der Waals surface area contributed by atoms with E-state index in [2.05, 4.69) is 30.4 Å². The molecule has 1 aromatic carbocycles. The molecule has 5 heterocycles. The van der Waals surface area contributed by atoms with Crippen molar-refractivity contribution in [2.45, 2.75) is 49.8 Å². The fourth-order valence-corrected chi connectivity index (χ4v) is 5.92. The van der Waals surface area contributed by atoms with Crippen molar-refractivity contribution >= 4 is 34.8 Å². The van der Waals surface area contributed by atoms with Crippen molar-refractivity contribution in [2.75, 3.05) is 25.6 Å². The second-order valence-corrected chi connectivity index (χ2v) is 10.6. The van der Waals surface area contributed by atoms with E-state index < -0.39 is 18.3 Å². The predicted molar refractivity (Wildman–Crippen MR) is 146 cm³/mol. The van der Waals surface area contributed by atoms with Gasteiger partial charge in [-0.2, -0.15) is 10.1 Å². The summed E-state index contributed by atoms with van der Waals surface area (Å²) in [7, 11) is 1.71. The molecule has 11 nitrogen and oxygen atoms in total. The van der Waals surface area contributed by atoms with Gasteiger partial charge in [0, 0.05) is 30.6 Å². The number of hydrogen-bond acceptors (Lipinski definition) is 9. The van der Waals surface area contributed by atoms with Crippen LogP contribution in [0.25, 0.3) is 22.3 Å². The Hall–Kier alpha value is -3.58. The molecular weight excluding hydrogens is 541 g/mol. The minimum absolute atomic E-state index is 0.215. The first-order chi connectivity index (χ1) is 19.5. The highest BCUT2D eigenvalue weighted by atomic mass is 35.5. The van der Waals surface area contributed by atoms with Gasteiger partial charge in [-0.3, -0.25) is 9.67 Å². The third-order valence-electron chi connectivity index (χ3n) is 7.64. The quantitative estimate of drug-likeness (QED) is 0.290. The lowest BCUT2D eigenvalue weighted by molar-refractivity contribution is 0.00706. The number of ether oxygens (including phenoxy) is 3. The zero-order valence-electron chi connectivity index (χ0n) is 21.6. The number of H-pyrrole nitrogens is 1. The molecule has 2 aliphatic heterocycles. The van der Waals surface area contributed by atoms with Gasteiger partial charge in [0.25, 0.3) is 6.01 Å². The van der Waals surface area contributed by atoms with Gasteiger partial charge < -0.3 is 29.6 Å². The largest absolute Gasteiger partial charge is 0.456 e. The molecule has 5 atom stereocenters. The van der Waals surface area contributed by atoms with Crippen molar-refractivity contribution in [3.05, 3.63) is 52.6 Å². The average molecular weight is 568 g/mol. The first-order valence-corrected chi connectivity index (χ1v) is 13.5. The van der Waals surface area contributed by atoms with Crippen molar-refractivity contribution in [3.63, 3.8) is 0 Å². The molecule has 0 radical (unpaired) electrons. The lowest BCUT2D eigenvalue weighted by Crippen LogP contribution is -2.34. The second-order valence-electron chi connectivity index (χ2n) is 10.2. The van der Waals surface area contributed by atoms with Crippen LogP contribution in [0.4, 0.5) is 10.2 Å². The predicted octanol–water partition coefficient (Wildman–Crippen LogP) is 3.32. The van der Waals surface area contributed by atoms with Gasteiger partial charge >= 0.3 is 0 Å². The number of aliphatic hydroxyl groups is 1. The summed E-state index contributed by atoms with van der Waals surface area (Å²) >= 11 is 6.57. The number of aliphatic hydroxyl groups excluding tert-OH is 1. The molecule has 2 fully saturated rings. The van der Waals surface area contributed by atoms with Gasteiger partial charge in [0.2, 0.25) is 0 Å². The molecule has 0 spiro atoms. The van der Waals surface area contributed by atoms with E-state index in [0.717, 1.165) is 23.1 Å². The van der Waals surface area contributed by atoms with Crippen molar-refractivity contribution in [3.8, 4) is 17.1 Å². The van der Waals surface area contributed by atoms with Crippen LogP contribution < -0.4 is 10.1 Å². The Morgan fingerprint density at radius 1 is 1.25 bits per heavy atom. The molecule has 0 bridgehead atoms. The van der Waals surface area contributed by atoms with Crippen molar-refractivity contribution in [2.24, 2.45) is 4.99 Å². The van der Waals surface area contributed by atoms with Gasteiger partial charge in [-0.25, -0.2) is 9.37 Å². The number of pyridine rings is 1. The first-order valence-electron chi connectivity index (χ1n) is 13.1. The second kappa shape index (κ2) is 10.1. The van der Waals surface area contributed by atoms with Crippen LogP contribution in [0.3, 0.4) is 0 Å². The Morgan fingerprint density at radius 3 is 3.00 bits per heavy atom. The fourth-order valence-electron chi connectivity index (χ4n) is 5.71. The van der Waals surface area contributed by atoms with Gasteiger partial charge in [0.15, 0.2) is 11.8 Å². The number of hydrogen-bond donors (Lipinski definition) is 3. The number of halogens is 2. The van der Waals surface area contributed by atoms with Crippen LogP contribution in [0.1, 0.15) is 23.6 Å². The molecule has 0 unspecified atom stereocenters. The number of imidazole rings is 1. The minimum Gasteiger partial charge on any atom is -0.456 e. The van der Waals surface area contributed by atoms with E-state index in [1.807, 2.05) is 12.3 Å². The molecular formula is C27H27ClFN7O4. The summed E-state index contributed by atoms with van der Waals surface area (Å²) in [6.07, 6.45) is 4.97. The number of aliphatic imine (C=N–C) groups is 1. The van der Waals surface area contributed by atoms with Crippen LogP contribution >= 0.6 is 11.6 Å². The maximum atomic E-state index is 15.5. The summed E-state index contributed by atoms with van der Waals surface area (Å²) in [5, 5.41) is 18.0. The number of aryl methyl sites for hydroxylation is 1. The summed E-state index contributed by atoms with van der Waals surface area (Å²) in [6.45, 7) is 1.06. The van der Waals surface area contributed by atoms with Crippen LogP contribution in [0.2, 0.25) is 5.02 Å². The minimum atomic E-state index is -0.662. The van der Waals surface area contributed by atoms with E-state index in [4.69, 9.17) is 25.8 Å². The standard InChI is InChI=1S/C27H27ClFN7O4/c1-30-4-5-36-10-15(9-31-36)14-6-13-2-3-18(22(13)17(29)7-14)32-25-16(28)8-19-26(34-25)35-27(33-19)40-21-12-39-23-20(37)11-38-24(21)23/h4,6-10,18,20-21,23-24,37H,2-3,5,11-12H2,1H3,(H2,32,33,34,35)/b30-4+/t18-,20+,21+,23+,24+/m0/s1. The molecule has 4 aromatic rings. The highest BCUT2D eigenvalue weighted by molar-refractivity contribution is 6.33. The van der Waals surface area contributed by atoms with Crippen molar-refractivity contribution in [1.82, 2.24) is 24.7 Å². The molecule has 208 valence electrons. The van der Waals surface area contributed by atoms with Crippen LogP contribution in [0, 0.1) is 5.82 Å². The van der Waals surface area contributed by atoms with Gasteiger partial charge in [-0.05, 0) is 36.1 Å². The van der Waals surface area contributed by atoms with Gasteiger partial charge in [0.05, 0.1) is 42.5 Å². The molecule has 3 N–H and O–H groups in total. The summed E-state index contributed by atoms with van der Waals surface area (Å²) in [4.78, 5) is 16.1. The van der Waals surface area contributed by atoms with Gasteiger partial charge in [-0.1, -0.05) is 17.7 Å². The lowest BCUT2D eigenvalue weighted by Gasteiger charge is -2.17. The van der Waals surface area contributed by atoms with E-state index in [9.17, 15) is 5.11 Å². The summed E-state index contributed by atoms with van der Waals surface area (Å²) < 4.78 is 34.4. The SMILES string of the molecule is C/N=C/Cn1cc(-c2cc(F)c3c(c2)CC[C@@H]3Nc2nc3nc(O[C@@H]4CO[C@H]5[C@@H]4OC[C@H]5O)[nH]c3cc2Cl)cn1. The highest BCUT2D eigenvalue weighted by Crippen LogP contribution is 2.39. The number of benzene rings is 1. The van der Waals surface area contributed by atoms with E-state index in [1.54, 1.807) is 36.3 Å². The molecule has 7 rings (SSSR count). The monoisotopic (exact) mass is 567 g/mol. The Balaban J connectivity index is 1.09. The van der Waals surface area contributed by atoms with E-state index in [0.29, 0.717) is 40.5 Å². The molecule has 1 aliphatic carbocycles. The zero-order valence-corrected chi connectivity index (χ0v) is 22.3. The third kappa shape index (κ3) is 4.50. The molecule has 40 heavy (non-hydrogen) atoms. The maximum absolute atomic E-state index is 15.5. The van der Waals surface area contributed by atoms with Crippen LogP contribution in [0.5, 0.6) is 6.01 Å². The molecule has 0 saturated carbocycles. The molecule has 3 aliphatic rings. The van der Waals surface area contributed by atoms with Crippen LogP contribution in [-0.2, 0) is 22.4 Å². The van der Waals surface area contributed by atoms with E-state index in [-0.39, 0.29) is 37.2 Å². The average Bonchev–Trinajstić information content (AvgIpc) is 3.75. The molecule has 0 amide bonds. The summed E-state index contributed by atoms with van der Waals surface area (Å²) in [5.41, 5.74) is 4.21. The number of aromatic nitrogens is 5. The van der Waals surface area contributed by atoms with Crippen molar-refractivity contribution < 1.29 is 23.7 Å². The van der Waals surface area contributed by atoms with Crippen LogP contribution in [0.15, 0.2) is 35.6 Å². The molecule has 13 heteroatoms. The topological polar surface area (TPSA) is 132 Å². The fraction of sp³-hybridized carbons (Fsp3) is 0.407. The van der Waals surface area contributed by atoms with Gasteiger partial charge in [0.1, 0.15) is 29.9 Å². The zero-order chi connectivity index (χ0) is 27.4. The Morgan fingerprint density at radius 2 is 2.12 bits per heavy atom. The Labute approximate surface area is 233 Å². The lowest BCUT2D eigenvalue weighted by atomic mass is 10.0. The molecule has 2 saturated heterocycles.